The second-order valence-electron chi connectivity index (χ2n) is 5.43. The largest absolute Gasteiger partial charge is 0.314 e. The molecule has 1 unspecified atom stereocenters. The van der Waals surface area contributed by atoms with Gasteiger partial charge in [0.15, 0.2) is 0 Å². The molecule has 1 aromatic heterocycles. The van der Waals surface area contributed by atoms with Crippen molar-refractivity contribution in [2.75, 3.05) is 20.1 Å². The third kappa shape index (κ3) is 2.89. The summed E-state index contributed by atoms with van der Waals surface area (Å²) in [7, 11) is -1.66. The summed E-state index contributed by atoms with van der Waals surface area (Å²) in [4.78, 5) is 0.351. The summed E-state index contributed by atoms with van der Waals surface area (Å²) in [5.41, 5.74) is 1.19. The molecule has 0 bridgehead atoms. The lowest BCUT2D eigenvalue weighted by atomic mass is 9.97. The molecule has 1 aromatic rings. The van der Waals surface area contributed by atoms with Crippen LogP contribution in [-0.4, -0.2) is 43.1 Å². The third-order valence-electron chi connectivity index (χ3n) is 3.96. The van der Waals surface area contributed by atoms with Gasteiger partial charge in [-0.15, -0.1) is 0 Å². The molecule has 114 valence electrons. The van der Waals surface area contributed by atoms with Gasteiger partial charge in [0.1, 0.15) is 4.90 Å². The van der Waals surface area contributed by atoms with Crippen molar-refractivity contribution in [2.45, 2.75) is 44.6 Å². The first-order valence-electron chi connectivity index (χ1n) is 7.19. The first-order chi connectivity index (χ1) is 9.50. The molecule has 0 amide bonds. The number of aromatic nitrogens is 2. The topological polar surface area (TPSA) is 78.1 Å². The lowest BCUT2D eigenvalue weighted by Gasteiger charge is -2.31. The minimum absolute atomic E-state index is 0.351. The van der Waals surface area contributed by atoms with Crippen LogP contribution in [0.15, 0.2) is 4.90 Å². The van der Waals surface area contributed by atoms with Crippen LogP contribution in [0.3, 0.4) is 0 Å². The van der Waals surface area contributed by atoms with Crippen molar-refractivity contribution in [3.63, 3.8) is 0 Å². The average Bonchev–Trinajstić information content (AvgIpc) is 2.81. The zero-order chi connectivity index (χ0) is 14.8. The molecule has 2 N–H and O–H groups in total. The maximum absolute atomic E-state index is 12.9. The van der Waals surface area contributed by atoms with Gasteiger partial charge < -0.3 is 5.32 Å². The van der Waals surface area contributed by atoms with Gasteiger partial charge in [-0.1, -0.05) is 13.3 Å². The SMILES string of the molecule is CCC1CCCN(S(=O)(=O)c2c(CNC)n[nH]c2C)C1. The fourth-order valence-corrected chi connectivity index (χ4v) is 4.69. The minimum atomic E-state index is -3.45. The number of piperidine rings is 1. The van der Waals surface area contributed by atoms with E-state index in [1.165, 1.54) is 0 Å². The van der Waals surface area contributed by atoms with Crippen molar-refractivity contribution in [1.82, 2.24) is 19.8 Å². The molecule has 1 fully saturated rings. The van der Waals surface area contributed by atoms with E-state index in [1.54, 1.807) is 18.3 Å². The van der Waals surface area contributed by atoms with Gasteiger partial charge in [0.05, 0.1) is 11.4 Å². The zero-order valence-electron chi connectivity index (χ0n) is 12.4. The van der Waals surface area contributed by atoms with Crippen LogP contribution in [0.4, 0.5) is 0 Å². The van der Waals surface area contributed by atoms with Gasteiger partial charge in [-0.2, -0.15) is 9.40 Å². The Balaban J connectivity index is 2.32. The van der Waals surface area contributed by atoms with Crippen molar-refractivity contribution in [3.05, 3.63) is 11.4 Å². The van der Waals surface area contributed by atoms with E-state index in [1.807, 2.05) is 0 Å². The van der Waals surface area contributed by atoms with Crippen molar-refractivity contribution < 1.29 is 8.42 Å². The molecule has 1 aliphatic rings. The molecule has 1 aliphatic heterocycles. The molecule has 0 spiro atoms. The number of hydrogen-bond donors (Lipinski definition) is 2. The Bertz CT molecular complexity index is 553. The number of aromatic amines is 1. The first kappa shape index (κ1) is 15.5. The van der Waals surface area contributed by atoms with Crippen LogP contribution in [0.25, 0.3) is 0 Å². The highest BCUT2D eigenvalue weighted by molar-refractivity contribution is 7.89. The number of aryl methyl sites for hydroxylation is 1. The van der Waals surface area contributed by atoms with Crippen molar-refractivity contribution >= 4 is 10.0 Å². The van der Waals surface area contributed by atoms with E-state index in [4.69, 9.17) is 0 Å². The highest BCUT2D eigenvalue weighted by Gasteiger charge is 2.33. The van der Waals surface area contributed by atoms with Crippen molar-refractivity contribution in [3.8, 4) is 0 Å². The summed E-state index contributed by atoms with van der Waals surface area (Å²) in [5, 5.41) is 9.88. The second-order valence-corrected chi connectivity index (χ2v) is 7.31. The molecule has 0 aliphatic carbocycles. The molecule has 0 radical (unpaired) electrons. The number of nitrogens with one attached hydrogen (secondary N) is 2. The monoisotopic (exact) mass is 300 g/mol. The number of sulfonamides is 1. The minimum Gasteiger partial charge on any atom is -0.314 e. The third-order valence-corrected chi connectivity index (χ3v) is 6.03. The normalized spacial score (nSPS) is 21.2. The summed E-state index contributed by atoms with van der Waals surface area (Å²) in [6, 6.07) is 0. The lowest BCUT2D eigenvalue weighted by Crippen LogP contribution is -2.40. The van der Waals surface area contributed by atoms with Crippen LogP contribution in [0.5, 0.6) is 0 Å². The molecule has 1 saturated heterocycles. The van der Waals surface area contributed by atoms with E-state index < -0.39 is 10.0 Å². The number of H-pyrrole nitrogens is 1. The maximum atomic E-state index is 12.9. The summed E-state index contributed by atoms with van der Waals surface area (Å²) < 4.78 is 27.4. The van der Waals surface area contributed by atoms with E-state index >= 15 is 0 Å². The number of nitrogens with zero attached hydrogens (tertiary/aromatic N) is 2. The van der Waals surface area contributed by atoms with E-state index in [-0.39, 0.29) is 0 Å². The highest BCUT2D eigenvalue weighted by Crippen LogP contribution is 2.28. The molecule has 1 atom stereocenters. The Morgan fingerprint density at radius 2 is 2.25 bits per heavy atom. The summed E-state index contributed by atoms with van der Waals surface area (Å²) in [6.45, 7) is 5.57. The maximum Gasteiger partial charge on any atom is 0.246 e. The summed E-state index contributed by atoms with van der Waals surface area (Å²) in [6.07, 6.45) is 3.09. The molecule has 20 heavy (non-hydrogen) atoms. The fraction of sp³-hybridized carbons (Fsp3) is 0.769. The second kappa shape index (κ2) is 6.24. The Labute approximate surface area is 121 Å². The van der Waals surface area contributed by atoms with Gasteiger partial charge in [-0.25, -0.2) is 8.42 Å². The Hall–Kier alpha value is -0.920. The molecular weight excluding hydrogens is 276 g/mol. The fourth-order valence-electron chi connectivity index (χ4n) is 2.81. The molecule has 0 saturated carbocycles. The van der Waals surface area contributed by atoms with E-state index in [0.717, 1.165) is 19.3 Å². The van der Waals surface area contributed by atoms with Crippen LogP contribution >= 0.6 is 0 Å². The van der Waals surface area contributed by atoms with E-state index in [9.17, 15) is 8.42 Å². The van der Waals surface area contributed by atoms with Gasteiger partial charge in [-0.05, 0) is 32.7 Å². The smallest absolute Gasteiger partial charge is 0.246 e. The zero-order valence-corrected chi connectivity index (χ0v) is 13.3. The van der Waals surface area contributed by atoms with E-state index in [0.29, 0.717) is 41.8 Å². The average molecular weight is 300 g/mol. The van der Waals surface area contributed by atoms with Gasteiger partial charge in [0.2, 0.25) is 10.0 Å². The van der Waals surface area contributed by atoms with E-state index in [2.05, 4.69) is 22.4 Å². The summed E-state index contributed by atoms with van der Waals surface area (Å²) in [5.74, 6) is 0.471. The predicted octanol–water partition coefficient (Wildman–Crippen LogP) is 1.25. The van der Waals surface area contributed by atoms with Gasteiger partial charge in [0, 0.05) is 19.6 Å². The van der Waals surface area contributed by atoms with Gasteiger partial charge >= 0.3 is 0 Å². The number of hydrogen-bond acceptors (Lipinski definition) is 4. The van der Waals surface area contributed by atoms with Crippen LogP contribution in [-0.2, 0) is 16.6 Å². The van der Waals surface area contributed by atoms with Crippen LogP contribution in [0.1, 0.15) is 37.6 Å². The highest BCUT2D eigenvalue weighted by atomic mass is 32.2. The van der Waals surface area contributed by atoms with Crippen molar-refractivity contribution in [2.24, 2.45) is 5.92 Å². The van der Waals surface area contributed by atoms with Crippen LogP contribution in [0, 0.1) is 12.8 Å². The van der Waals surface area contributed by atoms with Gasteiger partial charge in [-0.3, -0.25) is 5.10 Å². The molecule has 2 rings (SSSR count). The van der Waals surface area contributed by atoms with Crippen molar-refractivity contribution in [1.29, 1.82) is 0 Å². The molecule has 2 heterocycles. The van der Waals surface area contributed by atoms with Crippen LogP contribution < -0.4 is 5.32 Å². The predicted molar refractivity (Wildman–Crippen MR) is 77.9 cm³/mol. The molecule has 6 nitrogen and oxygen atoms in total. The summed E-state index contributed by atoms with van der Waals surface area (Å²) >= 11 is 0. The quantitative estimate of drug-likeness (QED) is 0.858. The molecule has 7 heteroatoms. The lowest BCUT2D eigenvalue weighted by molar-refractivity contribution is 0.261. The molecule has 0 aromatic carbocycles. The Morgan fingerprint density at radius 1 is 1.50 bits per heavy atom. The Kier molecular flexibility index (Phi) is 4.82. The first-order valence-corrected chi connectivity index (χ1v) is 8.63. The van der Waals surface area contributed by atoms with Gasteiger partial charge in [0.25, 0.3) is 0 Å². The Morgan fingerprint density at radius 3 is 2.90 bits per heavy atom. The van der Waals surface area contributed by atoms with Crippen LogP contribution in [0.2, 0.25) is 0 Å². The molecular formula is C13H24N4O2S. The number of rotatable bonds is 5. The standard InChI is InChI=1S/C13H24N4O2S/c1-4-11-6-5-7-17(9-11)20(18,19)13-10(2)15-16-12(13)8-14-3/h11,14H,4-9H2,1-3H3,(H,15,16).